The Morgan fingerprint density at radius 1 is 0.710 bits per heavy atom. The molecule has 18 heteroatoms. The fourth-order valence-corrected chi connectivity index (χ4v) is 28.6. The predicted molar refractivity (Wildman–Crippen MR) is 388 cm³/mol. The van der Waals surface area contributed by atoms with Gasteiger partial charge >= 0.3 is 126 Å². The number of hydrogen-bond donors (Lipinski definition) is 2. The van der Waals surface area contributed by atoms with Crippen molar-refractivity contribution in [2.24, 2.45) is 10.8 Å². The van der Waals surface area contributed by atoms with Gasteiger partial charge in [-0.3, -0.25) is 14.8 Å². The summed E-state index contributed by atoms with van der Waals surface area (Å²) in [5.41, 5.74) is 7.90. The third-order valence-electron chi connectivity index (χ3n) is 17.0. The monoisotopic (exact) mass is 1470 g/mol. The maximum atomic E-state index is 12.8. The number of nitrogens with one attached hydrogen (secondary N) is 2. The summed E-state index contributed by atoms with van der Waals surface area (Å²) >= 11 is 15.0. The van der Waals surface area contributed by atoms with E-state index in [1.54, 1.807) is 37.7 Å². The second kappa shape index (κ2) is 33.3. The number of carbonyl (C=O) groups is 1. The van der Waals surface area contributed by atoms with E-state index in [4.69, 9.17) is 27.9 Å². The first-order valence-corrected chi connectivity index (χ1v) is 42.9. The van der Waals surface area contributed by atoms with Gasteiger partial charge in [0.05, 0.1) is 57.0 Å². The van der Waals surface area contributed by atoms with Crippen LogP contribution in [0, 0.1) is 33.5 Å². The molecule has 0 unspecified atom stereocenters. The van der Waals surface area contributed by atoms with Crippen LogP contribution in [0.1, 0.15) is 222 Å². The SMILES string of the molecule is C=C([CH2][Sn]([CH2]CCC)([CH2]CCC)[CH2]CCC)OCC.[2H][C@](Cc1cc(Br)c2ncc(C#N)c(NCC(C)(C)C)c2c1)(c1cn(C2CC2)nn1)c1ccccc1Cl.[2H][C@](Cc1cc(C(C)=O)c2ncc(C#N)c(NCC(C)(C)C)c2c1)(c1cn(C2CC2)nn1)c1ccccc1Cl. The van der Waals surface area contributed by atoms with Crippen molar-refractivity contribution in [3.8, 4) is 12.1 Å². The molecule has 2 fully saturated rings. The quantitative estimate of drug-likeness (QED) is 0.0269. The van der Waals surface area contributed by atoms with Gasteiger partial charge in [-0.1, -0.05) is 112 Å². The summed E-state index contributed by atoms with van der Waals surface area (Å²) in [4.78, 5) is 21.9. The zero-order chi connectivity index (χ0) is 68.9. The summed E-state index contributed by atoms with van der Waals surface area (Å²) in [7, 11) is 0. The number of aromatic nitrogens is 8. The van der Waals surface area contributed by atoms with Crippen molar-refractivity contribution in [1.29, 1.82) is 10.5 Å². The molecule has 2 N–H and O–H groups in total. The minimum atomic E-state index is -2.02. The summed E-state index contributed by atoms with van der Waals surface area (Å²) in [6, 6.07) is 27.6. The van der Waals surface area contributed by atoms with Crippen molar-refractivity contribution >= 4 is 96.5 Å². The average Bonchev–Trinajstić information content (AvgIpc) is 1.76. The van der Waals surface area contributed by atoms with Gasteiger partial charge in [0, 0.05) is 83.3 Å². The van der Waals surface area contributed by atoms with Crippen LogP contribution in [0.25, 0.3) is 21.8 Å². The number of Topliss-reactive ketones (excluding diaryl/α,β-unsaturated/α-hetero) is 1. The number of unbranched alkanes of at least 4 members (excludes halogenated alkanes) is 3. The molecule has 2 aliphatic carbocycles. The molecule has 0 bridgehead atoms. The van der Waals surface area contributed by atoms with Gasteiger partial charge in [-0.25, -0.2) is 9.36 Å². The average molecular weight is 1470 g/mol. The van der Waals surface area contributed by atoms with Crippen LogP contribution in [-0.4, -0.2) is 83.8 Å². The number of carbonyl (C=O) groups excluding carboxylic acids is 1. The van der Waals surface area contributed by atoms with Crippen molar-refractivity contribution in [3.63, 3.8) is 0 Å². The predicted octanol–water partition coefficient (Wildman–Crippen LogP) is 20.4. The maximum absolute atomic E-state index is 12.8. The molecule has 0 amide bonds. The molecule has 8 aromatic rings. The Hall–Kier alpha value is -6.37. The third kappa shape index (κ3) is 20.1. The molecule has 2 atom stereocenters. The smallest absolute Gasteiger partial charge is 0.162 e. The maximum Gasteiger partial charge on any atom is 0.162 e. The van der Waals surface area contributed by atoms with Gasteiger partial charge in [-0.2, -0.15) is 10.5 Å². The molecule has 4 aromatic carbocycles. The molecule has 0 spiro atoms. The molecule has 14 nitrogen and oxygen atoms in total. The van der Waals surface area contributed by atoms with Crippen LogP contribution in [-0.2, 0) is 17.6 Å². The molecule has 4 heterocycles. The summed E-state index contributed by atoms with van der Waals surface area (Å²) < 4.78 is 35.6. The van der Waals surface area contributed by atoms with Gasteiger partial charge in [0.25, 0.3) is 0 Å². The Kier molecular flexibility index (Phi) is 24.9. The van der Waals surface area contributed by atoms with Crippen molar-refractivity contribution in [3.05, 3.63) is 175 Å². The van der Waals surface area contributed by atoms with E-state index in [0.717, 1.165) is 70.2 Å². The van der Waals surface area contributed by atoms with Crippen molar-refractivity contribution < 1.29 is 12.3 Å². The molecule has 2 aliphatic rings. The van der Waals surface area contributed by atoms with Gasteiger partial charge in [-0.05, 0) is 131 Å². The molecule has 10 rings (SSSR count). The minimum absolute atomic E-state index is 0.0188. The van der Waals surface area contributed by atoms with E-state index in [1.807, 2.05) is 76.4 Å². The molecule has 0 saturated heterocycles. The first-order chi connectivity index (χ1) is 45.2. The fraction of sp³-hybridized carbons (Fsp3) is 0.480. The molecule has 93 heavy (non-hydrogen) atoms. The van der Waals surface area contributed by atoms with E-state index in [1.165, 1.54) is 56.1 Å². The number of ketones is 1. The zero-order valence-corrected chi connectivity index (χ0v) is 62.4. The van der Waals surface area contributed by atoms with Gasteiger partial charge in [0.2, 0.25) is 0 Å². The molecular formula is C75H95BrCl2N12O2Sn. The molecule has 0 aliphatic heterocycles. The number of pyridine rings is 2. The molecule has 492 valence electrons. The fourth-order valence-electron chi connectivity index (χ4n) is 11.7. The minimum Gasteiger partial charge on any atom is -0.383 e. The van der Waals surface area contributed by atoms with Crippen LogP contribution in [0.4, 0.5) is 11.4 Å². The number of rotatable bonds is 28. The number of hydrogen-bond acceptors (Lipinski definition) is 12. The summed E-state index contributed by atoms with van der Waals surface area (Å²) in [5, 5.41) is 46.6. The first kappa shape index (κ1) is 69.5. The van der Waals surface area contributed by atoms with E-state index >= 15 is 0 Å². The number of anilines is 2. The summed E-state index contributed by atoms with van der Waals surface area (Å²) in [5.74, 6) is -1.68. The molecule has 4 aromatic heterocycles. The molecule has 2 saturated carbocycles. The second-order valence-electron chi connectivity index (χ2n) is 27.6. The van der Waals surface area contributed by atoms with Crippen molar-refractivity contribution in [1.82, 2.24) is 40.0 Å². The Morgan fingerprint density at radius 3 is 1.54 bits per heavy atom. The van der Waals surface area contributed by atoms with E-state index in [-0.39, 0.29) is 23.0 Å². The summed E-state index contributed by atoms with van der Waals surface area (Å²) in [6.07, 6.45) is 19.9. The van der Waals surface area contributed by atoms with Gasteiger partial charge in [0.15, 0.2) is 5.78 Å². The number of benzene rings is 4. The van der Waals surface area contributed by atoms with Gasteiger partial charge in [-0.15, -0.1) is 10.2 Å². The van der Waals surface area contributed by atoms with E-state index in [2.05, 4.69) is 145 Å². The standard InChI is InChI=1S/C30H31ClN6O.C28H28BrClN6.C5H9O.3C4H9.Sn/c1-18(38)23-11-19(13-25-28(34-17-30(2,3)4)20(14-32)15-33-29(23)25)12-24(22-7-5-6-8-26(22)31)27-16-37(36-35-27)21-9-10-21;1-28(2,3)16-33-26-18(13-31)14-32-27-22(26)11-17(12-23(27)29)10-21(20-6-4-5-7-24(20)30)25-15-36(35-34-25)19-8-9-19;1-4-6-5(2)3;3*1-3-4-2;/h5-8,11,13,15-16,21,24H,9-10,12,17H2,1-4H3,(H,33,34);4-7,11-12,14-15,19,21H,8-10,16H2,1-3H3,(H,32,33);2-4H2,1H3;3*1,3-4H2,2H3;/t24-;21-;;;;;/m11...../s1/i24D;21D;;;;;. The normalized spacial score (nSPS) is 14.8. The van der Waals surface area contributed by atoms with Crippen LogP contribution >= 0.6 is 39.1 Å². The largest absolute Gasteiger partial charge is 0.383 e. The number of halogens is 3. The van der Waals surface area contributed by atoms with Crippen LogP contribution in [0.15, 0.2) is 114 Å². The number of nitriles is 2. The number of allylic oxidation sites excluding steroid dienone is 1. The van der Waals surface area contributed by atoms with Gasteiger partial charge in [0.1, 0.15) is 12.1 Å². The van der Waals surface area contributed by atoms with Crippen LogP contribution < -0.4 is 10.6 Å². The van der Waals surface area contributed by atoms with Crippen molar-refractivity contribution in [2.75, 3.05) is 30.3 Å². The Balaban J connectivity index is 0.000000194. The van der Waals surface area contributed by atoms with Crippen LogP contribution in [0.5, 0.6) is 0 Å². The van der Waals surface area contributed by atoms with Crippen molar-refractivity contribution in [2.45, 2.75) is 195 Å². The van der Waals surface area contributed by atoms with E-state index in [0.29, 0.717) is 97.4 Å². The number of fused-ring (bicyclic) bond motifs is 2. The Labute approximate surface area is 577 Å². The summed E-state index contributed by atoms with van der Waals surface area (Å²) in [6.45, 7) is 29.6. The third-order valence-corrected chi connectivity index (χ3v) is 33.6. The topological polar surface area (TPSA) is 185 Å². The Morgan fingerprint density at radius 2 is 1.14 bits per heavy atom. The molecular weight excluding hydrogens is 1370 g/mol. The second-order valence-corrected chi connectivity index (χ2v) is 43.1. The van der Waals surface area contributed by atoms with Crippen LogP contribution in [0.3, 0.4) is 0 Å². The van der Waals surface area contributed by atoms with E-state index < -0.39 is 30.2 Å². The van der Waals surface area contributed by atoms with Crippen LogP contribution in [0.2, 0.25) is 27.8 Å². The number of ether oxygens (including phenoxy) is 1. The Bertz CT molecular complexity index is 4050. The zero-order valence-electron chi connectivity index (χ0n) is 58.5. The number of nitrogens with zero attached hydrogens (tertiary/aromatic N) is 10. The van der Waals surface area contributed by atoms with E-state index in [9.17, 15) is 18.1 Å². The first-order valence-electron chi connectivity index (χ1n) is 34.2. The molecule has 0 radical (unpaired) electrons. The van der Waals surface area contributed by atoms with Gasteiger partial charge < -0.3 is 10.6 Å².